The SMILES string of the molecule is CC(=O)OC/C=C\C1=C(C(=O)OCOC(=O)C(C)(C)C)N2C(=O)[C@@H](NC(=O)/C(=N\OC(C)=O)c3csc(N)n3)[C@H]2SC1. The zero-order valence-electron chi connectivity index (χ0n) is 23.3. The second kappa shape index (κ2) is 13.6. The van der Waals surface area contributed by atoms with E-state index in [0.717, 1.165) is 23.2 Å². The number of oxime groups is 1. The van der Waals surface area contributed by atoms with Gasteiger partial charge in [0.05, 0.1) is 5.41 Å². The summed E-state index contributed by atoms with van der Waals surface area (Å²) in [5.74, 6) is -4.13. The lowest BCUT2D eigenvalue weighted by Gasteiger charge is -2.49. The van der Waals surface area contributed by atoms with E-state index in [4.69, 9.17) is 19.9 Å². The molecule has 0 radical (unpaired) electrons. The predicted molar refractivity (Wildman–Crippen MR) is 149 cm³/mol. The number of nitrogens with one attached hydrogen (secondary N) is 1. The number of nitrogen functional groups attached to an aromatic ring is 1. The Morgan fingerprint density at radius 3 is 2.48 bits per heavy atom. The van der Waals surface area contributed by atoms with Crippen molar-refractivity contribution in [1.29, 1.82) is 0 Å². The minimum Gasteiger partial charge on any atom is -0.462 e. The third kappa shape index (κ3) is 7.94. The lowest BCUT2D eigenvalue weighted by molar-refractivity contribution is -0.173. The number of ether oxygens (including phenoxy) is 3. The number of rotatable bonds is 10. The standard InChI is InChI=1S/C25H29N5O10S2/c1-12(31)37-8-6-7-14-9-41-21-17(28-19(33)16(29-40-13(2)32)15-10-42-24(26)27-15)20(34)30(21)18(14)22(35)38-11-39-23(36)25(3,4)5/h6-7,10,17,21H,8-9,11H2,1-5H3,(H2,26,27)(H,28,33)/b7-6-,29-16-/t17-,21-/m1/s1. The Kier molecular flexibility index (Phi) is 10.5. The Morgan fingerprint density at radius 1 is 1.17 bits per heavy atom. The number of carbonyl (C=O) groups is 6. The van der Waals surface area contributed by atoms with E-state index in [0.29, 0.717) is 5.57 Å². The number of amides is 2. The van der Waals surface area contributed by atoms with Crippen LogP contribution in [0.4, 0.5) is 5.13 Å². The first-order valence-electron chi connectivity index (χ1n) is 12.3. The van der Waals surface area contributed by atoms with Gasteiger partial charge in [-0.2, -0.15) is 0 Å². The second-order valence-electron chi connectivity index (χ2n) is 9.76. The molecule has 0 unspecified atom stereocenters. The number of hydrogen-bond acceptors (Lipinski definition) is 15. The van der Waals surface area contributed by atoms with Gasteiger partial charge in [0.2, 0.25) is 6.79 Å². The first-order chi connectivity index (χ1) is 19.7. The summed E-state index contributed by atoms with van der Waals surface area (Å²) in [7, 11) is 0. The number of anilines is 1. The fourth-order valence-corrected chi connectivity index (χ4v) is 5.32. The van der Waals surface area contributed by atoms with Gasteiger partial charge in [-0.05, 0) is 32.4 Å². The molecule has 1 fully saturated rings. The number of thioether (sulfide) groups is 1. The van der Waals surface area contributed by atoms with Crippen molar-refractivity contribution in [2.45, 2.75) is 46.0 Å². The van der Waals surface area contributed by atoms with Crippen LogP contribution in [-0.2, 0) is 47.8 Å². The highest BCUT2D eigenvalue weighted by Crippen LogP contribution is 2.41. The van der Waals surface area contributed by atoms with E-state index in [1.165, 1.54) is 36.2 Å². The van der Waals surface area contributed by atoms with Gasteiger partial charge in [-0.15, -0.1) is 23.1 Å². The molecule has 3 rings (SSSR count). The summed E-state index contributed by atoms with van der Waals surface area (Å²) in [5, 5.41) is 6.95. The van der Waals surface area contributed by atoms with Crippen LogP contribution in [0, 0.1) is 5.41 Å². The number of esters is 3. The average Bonchev–Trinajstić information content (AvgIpc) is 3.33. The van der Waals surface area contributed by atoms with Gasteiger partial charge in [-0.3, -0.25) is 24.1 Å². The van der Waals surface area contributed by atoms with E-state index >= 15 is 0 Å². The summed E-state index contributed by atoms with van der Waals surface area (Å²) in [6.07, 6.45) is 3.00. The summed E-state index contributed by atoms with van der Waals surface area (Å²) in [6, 6.07) is -1.09. The molecule has 3 N–H and O–H groups in total. The molecule has 1 saturated heterocycles. The first kappa shape index (κ1) is 32.3. The van der Waals surface area contributed by atoms with Gasteiger partial charge >= 0.3 is 23.9 Å². The van der Waals surface area contributed by atoms with Crippen LogP contribution in [0.15, 0.2) is 34.0 Å². The van der Waals surface area contributed by atoms with E-state index in [1.807, 2.05) is 0 Å². The van der Waals surface area contributed by atoms with Crippen molar-refractivity contribution >= 4 is 69.6 Å². The third-order valence-corrected chi connectivity index (χ3v) is 7.39. The van der Waals surface area contributed by atoms with Crippen LogP contribution in [0.2, 0.25) is 0 Å². The molecule has 0 aliphatic carbocycles. The zero-order chi connectivity index (χ0) is 31.2. The van der Waals surface area contributed by atoms with Gasteiger partial charge in [-0.1, -0.05) is 11.2 Å². The molecule has 2 amide bonds. The van der Waals surface area contributed by atoms with Crippen molar-refractivity contribution in [3.05, 3.63) is 34.5 Å². The van der Waals surface area contributed by atoms with Crippen LogP contribution < -0.4 is 11.1 Å². The number of carbonyl (C=O) groups excluding carboxylic acids is 6. The largest absolute Gasteiger partial charge is 0.462 e. The molecule has 2 aliphatic rings. The van der Waals surface area contributed by atoms with E-state index in [1.54, 1.807) is 20.8 Å². The molecule has 1 aromatic heterocycles. The number of nitrogens with two attached hydrogens (primary N) is 1. The van der Waals surface area contributed by atoms with Gasteiger partial charge in [0.15, 0.2) is 10.8 Å². The van der Waals surface area contributed by atoms with Gasteiger partial charge in [-0.25, -0.2) is 14.6 Å². The van der Waals surface area contributed by atoms with Crippen LogP contribution >= 0.6 is 23.1 Å². The molecule has 15 nitrogen and oxygen atoms in total. The lowest BCUT2D eigenvalue weighted by atomic mass is 9.98. The van der Waals surface area contributed by atoms with E-state index in [2.05, 4.69) is 20.3 Å². The highest BCUT2D eigenvalue weighted by atomic mass is 32.2. The number of β-lactam (4-membered cyclic amide) rings is 1. The highest BCUT2D eigenvalue weighted by molar-refractivity contribution is 8.00. The Balaban J connectivity index is 1.81. The molecule has 0 aromatic carbocycles. The Hall–Kier alpha value is -4.25. The molecule has 3 heterocycles. The molecule has 2 atom stereocenters. The first-order valence-corrected chi connectivity index (χ1v) is 14.2. The summed E-state index contributed by atoms with van der Waals surface area (Å²) in [6.45, 7) is 6.48. The van der Waals surface area contributed by atoms with Crippen molar-refractivity contribution in [3.8, 4) is 0 Å². The molecular weight excluding hydrogens is 594 g/mol. The molecule has 42 heavy (non-hydrogen) atoms. The van der Waals surface area contributed by atoms with E-state index in [9.17, 15) is 28.8 Å². The molecule has 0 saturated carbocycles. The molecular formula is C25H29N5O10S2. The van der Waals surface area contributed by atoms with Gasteiger partial charge in [0.25, 0.3) is 11.8 Å². The summed E-state index contributed by atoms with van der Waals surface area (Å²) < 4.78 is 15.0. The minimum absolute atomic E-state index is 0.0327. The average molecular weight is 624 g/mol. The Labute approximate surface area is 248 Å². The van der Waals surface area contributed by atoms with E-state index in [-0.39, 0.29) is 34.6 Å². The highest BCUT2D eigenvalue weighted by Gasteiger charge is 2.54. The van der Waals surface area contributed by atoms with Crippen LogP contribution in [0.5, 0.6) is 0 Å². The molecule has 0 bridgehead atoms. The molecule has 17 heteroatoms. The zero-order valence-corrected chi connectivity index (χ0v) is 25.0. The van der Waals surface area contributed by atoms with Gasteiger partial charge in [0.1, 0.15) is 29.4 Å². The topological polar surface area (TPSA) is 206 Å². The summed E-state index contributed by atoms with van der Waals surface area (Å²) in [5.41, 5.74) is 4.73. The number of hydrogen-bond donors (Lipinski definition) is 2. The predicted octanol–water partition coefficient (Wildman–Crippen LogP) is 0.856. The number of nitrogens with zero attached hydrogens (tertiary/aromatic N) is 3. The summed E-state index contributed by atoms with van der Waals surface area (Å²) in [4.78, 5) is 83.7. The smallest absolute Gasteiger partial charge is 0.358 e. The third-order valence-electron chi connectivity index (χ3n) is 5.42. The fourth-order valence-electron chi connectivity index (χ4n) is 3.46. The molecule has 1 aromatic rings. The maximum absolute atomic E-state index is 13.3. The summed E-state index contributed by atoms with van der Waals surface area (Å²) >= 11 is 2.27. The molecule has 226 valence electrons. The van der Waals surface area contributed by atoms with Crippen molar-refractivity contribution in [2.24, 2.45) is 10.6 Å². The quantitative estimate of drug-likeness (QED) is 0.0927. The molecule has 2 aliphatic heterocycles. The molecule has 0 spiro atoms. The Morgan fingerprint density at radius 2 is 1.88 bits per heavy atom. The fraction of sp³-hybridized carbons (Fsp3) is 0.440. The van der Waals surface area contributed by atoms with E-state index < -0.39 is 59.3 Å². The van der Waals surface area contributed by atoms with Crippen LogP contribution in [-0.4, -0.2) is 81.9 Å². The monoisotopic (exact) mass is 623 g/mol. The van der Waals surface area contributed by atoms with Crippen molar-refractivity contribution in [2.75, 3.05) is 24.9 Å². The maximum Gasteiger partial charge on any atom is 0.358 e. The van der Waals surface area contributed by atoms with Crippen LogP contribution in [0.1, 0.15) is 40.3 Å². The van der Waals surface area contributed by atoms with Gasteiger partial charge in [0, 0.05) is 25.0 Å². The van der Waals surface area contributed by atoms with Crippen molar-refractivity contribution in [1.82, 2.24) is 15.2 Å². The lowest BCUT2D eigenvalue weighted by Crippen LogP contribution is -2.71. The maximum atomic E-state index is 13.3. The van der Waals surface area contributed by atoms with Gasteiger partial charge < -0.3 is 30.1 Å². The normalized spacial score (nSPS) is 18.6. The van der Waals surface area contributed by atoms with Crippen LogP contribution in [0.25, 0.3) is 0 Å². The van der Waals surface area contributed by atoms with Crippen molar-refractivity contribution in [3.63, 3.8) is 0 Å². The number of thiazole rings is 1. The van der Waals surface area contributed by atoms with Crippen molar-refractivity contribution < 1.29 is 47.8 Å². The second-order valence-corrected chi connectivity index (χ2v) is 11.8. The Bertz CT molecular complexity index is 1380. The van der Waals surface area contributed by atoms with Crippen LogP contribution in [0.3, 0.4) is 0 Å². The minimum atomic E-state index is -1.09. The number of allylic oxidation sites excluding steroid dienone is 1. The number of aromatic nitrogens is 1. The number of fused-ring (bicyclic) bond motifs is 1.